The zero-order valence-corrected chi connectivity index (χ0v) is 70.3. The molecule has 618 valence electrons. The van der Waals surface area contributed by atoms with E-state index in [9.17, 15) is 43.2 Å². The number of esters is 4. The second-order valence-corrected chi connectivity index (χ2v) is 34.7. The third-order valence-corrected chi connectivity index (χ3v) is 22.1. The lowest BCUT2D eigenvalue weighted by atomic mass is 9.99. The minimum Gasteiger partial charge on any atom is -0.462 e. The third kappa shape index (κ3) is 76.8. The average molecular weight is 1520 g/mol. The highest BCUT2D eigenvalue weighted by Gasteiger charge is 2.30. The maximum atomic E-state index is 13.1. The molecule has 0 aromatic carbocycles. The molecule has 0 amide bonds. The highest BCUT2D eigenvalue weighted by Crippen LogP contribution is 2.45. The lowest BCUT2D eigenvalue weighted by Gasteiger charge is -2.21. The van der Waals surface area contributed by atoms with E-state index in [4.69, 9.17) is 37.0 Å². The molecule has 0 saturated carbocycles. The van der Waals surface area contributed by atoms with Gasteiger partial charge in [-0.25, -0.2) is 9.13 Å². The van der Waals surface area contributed by atoms with Crippen LogP contribution in [0.2, 0.25) is 0 Å². The number of rotatable bonds is 83. The predicted molar refractivity (Wildman–Crippen MR) is 428 cm³/mol. The summed E-state index contributed by atoms with van der Waals surface area (Å²) in [5.41, 5.74) is 0. The zero-order chi connectivity index (χ0) is 76.5. The van der Waals surface area contributed by atoms with Gasteiger partial charge in [-0.05, 0) is 43.4 Å². The van der Waals surface area contributed by atoms with E-state index in [1.54, 1.807) is 0 Å². The number of aliphatic hydroxyl groups is 1. The van der Waals surface area contributed by atoms with Crippen molar-refractivity contribution in [3.63, 3.8) is 0 Å². The molecule has 3 unspecified atom stereocenters. The Labute approximate surface area is 638 Å². The Balaban J connectivity index is 5.26. The fourth-order valence-corrected chi connectivity index (χ4v) is 14.7. The van der Waals surface area contributed by atoms with Crippen LogP contribution in [0.4, 0.5) is 0 Å². The molecule has 0 aromatic rings. The first-order valence-corrected chi connectivity index (χ1v) is 46.9. The predicted octanol–water partition coefficient (Wildman–Crippen LogP) is 25.7. The van der Waals surface area contributed by atoms with Gasteiger partial charge in [0.25, 0.3) is 0 Å². The van der Waals surface area contributed by atoms with E-state index in [2.05, 4.69) is 48.5 Å². The molecule has 19 heteroatoms. The van der Waals surface area contributed by atoms with Crippen molar-refractivity contribution in [2.45, 2.75) is 465 Å². The fourth-order valence-electron chi connectivity index (χ4n) is 13.2. The lowest BCUT2D eigenvalue weighted by molar-refractivity contribution is -0.161. The molecule has 0 fully saturated rings. The van der Waals surface area contributed by atoms with Gasteiger partial charge >= 0.3 is 39.5 Å². The summed E-state index contributed by atoms with van der Waals surface area (Å²) in [6.45, 7) is 12.1. The number of unbranched alkanes of at least 4 members (excludes halogenated alkanes) is 50. The number of hydrogen-bond acceptors (Lipinski definition) is 15. The van der Waals surface area contributed by atoms with Crippen molar-refractivity contribution < 1.29 is 80.2 Å². The summed E-state index contributed by atoms with van der Waals surface area (Å²) in [6.07, 6.45) is 65.0. The first-order valence-electron chi connectivity index (χ1n) is 43.9. The number of phosphoric acid groups is 2. The molecule has 0 rings (SSSR count). The van der Waals surface area contributed by atoms with E-state index in [0.717, 1.165) is 108 Å². The number of ether oxygens (including phenoxy) is 4. The number of carbonyl (C=O) groups is 4. The smallest absolute Gasteiger partial charge is 0.462 e. The maximum absolute atomic E-state index is 13.1. The first kappa shape index (κ1) is 102. The van der Waals surface area contributed by atoms with Crippen LogP contribution < -0.4 is 0 Å². The first-order chi connectivity index (χ1) is 50.3. The van der Waals surface area contributed by atoms with Crippen LogP contribution in [-0.4, -0.2) is 96.7 Å². The minimum atomic E-state index is -4.97. The summed E-state index contributed by atoms with van der Waals surface area (Å²) in [4.78, 5) is 73.2. The van der Waals surface area contributed by atoms with Gasteiger partial charge in [-0.3, -0.25) is 37.3 Å². The molecule has 104 heavy (non-hydrogen) atoms. The van der Waals surface area contributed by atoms with Crippen molar-refractivity contribution in [2.75, 3.05) is 39.6 Å². The molecule has 0 spiro atoms. The van der Waals surface area contributed by atoms with Gasteiger partial charge in [0.2, 0.25) is 0 Å². The summed E-state index contributed by atoms with van der Waals surface area (Å²) < 4.78 is 68.9. The highest BCUT2D eigenvalue weighted by atomic mass is 31.2. The zero-order valence-electron chi connectivity index (χ0n) is 68.5. The summed E-state index contributed by atoms with van der Waals surface area (Å²) in [7, 11) is -9.93. The van der Waals surface area contributed by atoms with E-state index in [-0.39, 0.29) is 25.7 Å². The summed E-state index contributed by atoms with van der Waals surface area (Å²) in [5.74, 6) is 0.332. The Hall–Kier alpha value is -1.94. The molecule has 0 aromatic heterocycles. The van der Waals surface area contributed by atoms with Crippen molar-refractivity contribution in [1.29, 1.82) is 0 Å². The number of hydrogen-bond donors (Lipinski definition) is 3. The minimum absolute atomic E-state index is 0.107. The standard InChI is InChI=1S/C85H166O17P2/c1-8-10-11-12-13-14-15-31-38-45-52-59-66-82(87)95-72-80(102-85(90)69-62-55-48-41-34-27-26-29-36-43-50-57-64-77(5)6)74-99-103(91,92)97-70-79(86)71-98-104(93,94)100-75-81(73-96-83(88)67-60-53-46-39-32-24-21-20-23-30-37-44-51-58-65-78(7)9-2)101-84(89)68-61-54-47-40-33-25-19-17-16-18-22-28-35-42-49-56-63-76(3)4/h76-81,86H,8-75H2,1-7H3,(H,91,92)(H,93,94)/t78?,79-,80+,81+/m0/s1. The monoisotopic (exact) mass is 1520 g/mol. The molecule has 6 atom stereocenters. The van der Waals surface area contributed by atoms with Crippen LogP contribution in [0.5, 0.6) is 0 Å². The van der Waals surface area contributed by atoms with E-state index in [1.807, 2.05) is 0 Å². The van der Waals surface area contributed by atoms with Crippen LogP contribution in [0, 0.1) is 17.8 Å². The van der Waals surface area contributed by atoms with Crippen LogP contribution in [0.15, 0.2) is 0 Å². The molecule has 0 aliphatic heterocycles. The molecule has 0 saturated heterocycles. The normalized spacial score (nSPS) is 14.2. The summed E-state index contributed by atoms with van der Waals surface area (Å²) in [5, 5.41) is 10.7. The van der Waals surface area contributed by atoms with Gasteiger partial charge < -0.3 is 33.8 Å². The molecular weight excluding hydrogens is 1350 g/mol. The molecule has 3 N–H and O–H groups in total. The Morgan fingerprint density at radius 3 is 0.731 bits per heavy atom. The molecule has 0 aliphatic rings. The van der Waals surface area contributed by atoms with Gasteiger partial charge in [-0.2, -0.15) is 0 Å². The fraction of sp³-hybridized carbons (Fsp3) is 0.953. The second-order valence-electron chi connectivity index (χ2n) is 31.8. The summed E-state index contributed by atoms with van der Waals surface area (Å²) >= 11 is 0. The number of carbonyl (C=O) groups excluding carboxylic acids is 4. The highest BCUT2D eigenvalue weighted by molar-refractivity contribution is 7.47. The van der Waals surface area contributed by atoms with Crippen molar-refractivity contribution in [1.82, 2.24) is 0 Å². The van der Waals surface area contributed by atoms with Gasteiger partial charge in [0, 0.05) is 25.7 Å². The van der Waals surface area contributed by atoms with E-state index in [1.165, 1.54) is 257 Å². The van der Waals surface area contributed by atoms with Crippen LogP contribution in [-0.2, 0) is 65.4 Å². The molecule has 0 bridgehead atoms. The molecular formula is C85H166O17P2. The van der Waals surface area contributed by atoms with E-state index in [0.29, 0.717) is 25.7 Å². The van der Waals surface area contributed by atoms with Crippen LogP contribution in [0.3, 0.4) is 0 Å². The molecule has 17 nitrogen and oxygen atoms in total. The van der Waals surface area contributed by atoms with Gasteiger partial charge in [0.1, 0.15) is 19.3 Å². The Bertz CT molecular complexity index is 2010. The van der Waals surface area contributed by atoms with Gasteiger partial charge in [-0.1, -0.05) is 395 Å². The van der Waals surface area contributed by atoms with Crippen molar-refractivity contribution in [3.8, 4) is 0 Å². The quantitative estimate of drug-likeness (QED) is 0.0222. The number of aliphatic hydroxyl groups excluding tert-OH is 1. The lowest BCUT2D eigenvalue weighted by Crippen LogP contribution is -2.30. The largest absolute Gasteiger partial charge is 0.472 e. The van der Waals surface area contributed by atoms with Gasteiger partial charge in [0.15, 0.2) is 12.2 Å². The van der Waals surface area contributed by atoms with Gasteiger partial charge in [-0.15, -0.1) is 0 Å². The average Bonchev–Trinajstić information content (AvgIpc) is 0.905. The Kier molecular flexibility index (Phi) is 73.7. The van der Waals surface area contributed by atoms with Crippen molar-refractivity contribution in [3.05, 3.63) is 0 Å². The second kappa shape index (κ2) is 75.1. The Morgan fingerprint density at radius 1 is 0.279 bits per heavy atom. The summed E-state index contributed by atoms with van der Waals surface area (Å²) in [6, 6.07) is 0. The maximum Gasteiger partial charge on any atom is 0.472 e. The van der Waals surface area contributed by atoms with Crippen LogP contribution >= 0.6 is 15.6 Å². The third-order valence-electron chi connectivity index (χ3n) is 20.2. The van der Waals surface area contributed by atoms with Crippen LogP contribution in [0.25, 0.3) is 0 Å². The van der Waals surface area contributed by atoms with E-state index < -0.39 is 97.5 Å². The van der Waals surface area contributed by atoms with Crippen LogP contribution in [0.1, 0.15) is 447 Å². The van der Waals surface area contributed by atoms with Crippen molar-refractivity contribution in [2.24, 2.45) is 17.8 Å². The van der Waals surface area contributed by atoms with E-state index >= 15 is 0 Å². The molecule has 0 heterocycles. The number of phosphoric ester groups is 2. The SMILES string of the molecule is CCCCCCCCCCCCCCC(=O)OC[C@H](COP(=O)(O)OC[C@H](O)COP(=O)(O)OC[C@@H](COC(=O)CCCCCCCCCCCCCCCCC(C)CC)OC(=O)CCCCCCCCCCCCCCCCCCC(C)C)OC(=O)CCCCCCCCCCCCCCC(C)C. The topological polar surface area (TPSA) is 237 Å². The van der Waals surface area contributed by atoms with Crippen molar-refractivity contribution >= 4 is 39.5 Å². The molecule has 0 radical (unpaired) electrons. The molecule has 0 aliphatic carbocycles. The van der Waals surface area contributed by atoms with Gasteiger partial charge in [0.05, 0.1) is 26.4 Å². The Morgan fingerprint density at radius 2 is 0.490 bits per heavy atom.